The SMILES string of the molecule is COc1ccc(CC(=O)N2CCN(c3ccc(C(=O)O)nc3)CC2)cc1. The van der Waals surface area contributed by atoms with Gasteiger partial charge < -0.3 is 19.6 Å². The second-order valence-corrected chi connectivity index (χ2v) is 6.10. The van der Waals surface area contributed by atoms with Crippen molar-refractivity contribution in [3.05, 3.63) is 53.9 Å². The monoisotopic (exact) mass is 355 g/mol. The van der Waals surface area contributed by atoms with Gasteiger partial charge in [-0.1, -0.05) is 12.1 Å². The largest absolute Gasteiger partial charge is 0.497 e. The Kier molecular flexibility index (Phi) is 5.36. The van der Waals surface area contributed by atoms with Gasteiger partial charge in [-0.3, -0.25) is 4.79 Å². The molecule has 0 aliphatic carbocycles. The summed E-state index contributed by atoms with van der Waals surface area (Å²) in [5, 5.41) is 8.90. The zero-order valence-corrected chi connectivity index (χ0v) is 14.6. The number of carbonyl (C=O) groups excluding carboxylic acids is 1. The molecular weight excluding hydrogens is 334 g/mol. The van der Waals surface area contributed by atoms with Crippen LogP contribution in [0.15, 0.2) is 42.6 Å². The molecule has 0 unspecified atom stereocenters. The highest BCUT2D eigenvalue weighted by Crippen LogP contribution is 2.17. The number of aromatic carboxylic acids is 1. The summed E-state index contributed by atoms with van der Waals surface area (Å²) in [6, 6.07) is 10.8. The number of methoxy groups -OCH3 is 1. The number of nitrogens with zero attached hydrogens (tertiary/aromatic N) is 3. The molecule has 1 fully saturated rings. The third-order valence-corrected chi connectivity index (χ3v) is 4.48. The fourth-order valence-electron chi connectivity index (χ4n) is 2.94. The average Bonchev–Trinajstić information content (AvgIpc) is 2.69. The Hall–Kier alpha value is -3.09. The van der Waals surface area contributed by atoms with Crippen LogP contribution < -0.4 is 9.64 Å². The number of hydrogen-bond donors (Lipinski definition) is 1. The van der Waals surface area contributed by atoms with Gasteiger partial charge >= 0.3 is 5.97 Å². The fraction of sp³-hybridized carbons (Fsp3) is 0.316. The van der Waals surface area contributed by atoms with Gasteiger partial charge in [0.2, 0.25) is 5.91 Å². The molecule has 7 nitrogen and oxygen atoms in total. The molecule has 1 N–H and O–H groups in total. The lowest BCUT2D eigenvalue weighted by Crippen LogP contribution is -2.49. The summed E-state index contributed by atoms with van der Waals surface area (Å²) in [6.45, 7) is 2.66. The zero-order valence-electron chi connectivity index (χ0n) is 14.6. The predicted molar refractivity (Wildman–Crippen MR) is 96.7 cm³/mol. The number of aromatic nitrogens is 1. The van der Waals surface area contributed by atoms with Crippen molar-refractivity contribution in [1.29, 1.82) is 0 Å². The van der Waals surface area contributed by atoms with Gasteiger partial charge in [-0.2, -0.15) is 0 Å². The van der Waals surface area contributed by atoms with Crippen molar-refractivity contribution in [1.82, 2.24) is 9.88 Å². The number of carboxylic acids is 1. The van der Waals surface area contributed by atoms with E-state index in [1.807, 2.05) is 29.2 Å². The Morgan fingerprint density at radius 3 is 2.31 bits per heavy atom. The molecule has 1 aromatic carbocycles. The quantitative estimate of drug-likeness (QED) is 0.879. The van der Waals surface area contributed by atoms with Crippen LogP contribution in [0.5, 0.6) is 5.75 Å². The lowest BCUT2D eigenvalue weighted by Gasteiger charge is -2.36. The van der Waals surface area contributed by atoms with Crippen molar-refractivity contribution in [2.24, 2.45) is 0 Å². The van der Waals surface area contributed by atoms with E-state index < -0.39 is 5.97 Å². The van der Waals surface area contributed by atoms with E-state index in [4.69, 9.17) is 9.84 Å². The summed E-state index contributed by atoms with van der Waals surface area (Å²) in [7, 11) is 1.62. The molecule has 1 amide bonds. The Balaban J connectivity index is 1.53. The van der Waals surface area contributed by atoms with Crippen molar-refractivity contribution < 1.29 is 19.4 Å². The first-order valence-corrected chi connectivity index (χ1v) is 8.42. The number of ether oxygens (including phenoxy) is 1. The number of benzene rings is 1. The summed E-state index contributed by atoms with van der Waals surface area (Å²) in [6.07, 6.45) is 1.94. The Morgan fingerprint density at radius 2 is 1.77 bits per heavy atom. The summed E-state index contributed by atoms with van der Waals surface area (Å²) in [5.41, 5.74) is 1.87. The molecule has 2 aromatic rings. The van der Waals surface area contributed by atoms with Crippen LogP contribution in [0.1, 0.15) is 16.1 Å². The third-order valence-electron chi connectivity index (χ3n) is 4.48. The zero-order chi connectivity index (χ0) is 18.5. The summed E-state index contributed by atoms with van der Waals surface area (Å²) < 4.78 is 5.13. The maximum atomic E-state index is 12.5. The first-order chi connectivity index (χ1) is 12.6. The second-order valence-electron chi connectivity index (χ2n) is 6.10. The molecule has 0 spiro atoms. The number of hydrogen-bond acceptors (Lipinski definition) is 5. The molecule has 1 aliphatic rings. The third kappa shape index (κ3) is 4.11. The normalized spacial score (nSPS) is 14.2. The van der Waals surface area contributed by atoms with Gasteiger partial charge in [-0.15, -0.1) is 0 Å². The van der Waals surface area contributed by atoms with E-state index in [2.05, 4.69) is 9.88 Å². The minimum Gasteiger partial charge on any atom is -0.497 e. The Morgan fingerprint density at radius 1 is 1.08 bits per heavy atom. The van der Waals surface area contributed by atoms with E-state index in [-0.39, 0.29) is 11.6 Å². The average molecular weight is 355 g/mol. The number of amides is 1. The smallest absolute Gasteiger partial charge is 0.354 e. The van der Waals surface area contributed by atoms with E-state index in [1.54, 1.807) is 19.4 Å². The molecule has 0 atom stereocenters. The van der Waals surface area contributed by atoms with Crippen LogP contribution >= 0.6 is 0 Å². The minimum atomic E-state index is -1.04. The van der Waals surface area contributed by atoms with Crippen LogP contribution in [-0.2, 0) is 11.2 Å². The molecule has 136 valence electrons. The molecule has 7 heteroatoms. The van der Waals surface area contributed by atoms with Crippen molar-refractivity contribution in [3.63, 3.8) is 0 Å². The number of carboxylic acid groups (broad SMARTS) is 1. The number of piperazine rings is 1. The van der Waals surface area contributed by atoms with Crippen molar-refractivity contribution in [3.8, 4) is 5.75 Å². The van der Waals surface area contributed by atoms with Gasteiger partial charge in [0.1, 0.15) is 11.4 Å². The maximum absolute atomic E-state index is 12.5. The molecule has 1 saturated heterocycles. The predicted octanol–water partition coefficient (Wildman–Crippen LogP) is 1.68. The van der Waals surface area contributed by atoms with Gasteiger partial charge in [-0.25, -0.2) is 9.78 Å². The Bertz CT molecular complexity index is 766. The van der Waals surface area contributed by atoms with Crippen LogP contribution in [0, 0.1) is 0 Å². The number of carbonyl (C=O) groups is 2. The standard InChI is InChI=1S/C19H21N3O4/c1-26-16-5-2-14(3-6-16)12-18(23)22-10-8-21(9-11-22)15-4-7-17(19(24)25)20-13-15/h2-7,13H,8-12H2,1H3,(H,24,25). The van der Waals surface area contributed by atoms with E-state index in [0.29, 0.717) is 32.6 Å². The number of rotatable bonds is 5. The Labute approximate surface area is 151 Å². The van der Waals surface area contributed by atoms with E-state index in [1.165, 1.54) is 6.07 Å². The van der Waals surface area contributed by atoms with Crippen molar-refractivity contribution >= 4 is 17.6 Å². The maximum Gasteiger partial charge on any atom is 0.354 e. The molecule has 0 saturated carbocycles. The first kappa shape index (κ1) is 17.7. The second kappa shape index (κ2) is 7.86. The van der Waals surface area contributed by atoms with E-state index in [0.717, 1.165) is 17.0 Å². The van der Waals surface area contributed by atoms with Gasteiger partial charge in [-0.05, 0) is 29.8 Å². The fourth-order valence-corrected chi connectivity index (χ4v) is 2.94. The number of anilines is 1. The van der Waals surface area contributed by atoms with Gasteiger partial charge in [0, 0.05) is 26.2 Å². The lowest BCUT2D eigenvalue weighted by atomic mass is 10.1. The minimum absolute atomic E-state index is 0.0297. The summed E-state index contributed by atoms with van der Waals surface area (Å²) in [5.74, 6) is -0.156. The number of pyridine rings is 1. The molecule has 0 radical (unpaired) electrons. The van der Waals surface area contributed by atoms with Crippen LogP contribution in [0.25, 0.3) is 0 Å². The van der Waals surface area contributed by atoms with Gasteiger partial charge in [0.25, 0.3) is 0 Å². The lowest BCUT2D eigenvalue weighted by molar-refractivity contribution is -0.130. The molecule has 0 bridgehead atoms. The molecule has 3 rings (SSSR count). The van der Waals surface area contributed by atoms with E-state index in [9.17, 15) is 9.59 Å². The van der Waals surface area contributed by atoms with Crippen LogP contribution in [0.2, 0.25) is 0 Å². The van der Waals surface area contributed by atoms with Crippen LogP contribution in [0.4, 0.5) is 5.69 Å². The first-order valence-electron chi connectivity index (χ1n) is 8.42. The molecule has 1 aliphatic heterocycles. The highest BCUT2D eigenvalue weighted by atomic mass is 16.5. The highest BCUT2D eigenvalue weighted by Gasteiger charge is 2.21. The van der Waals surface area contributed by atoms with Gasteiger partial charge in [0.15, 0.2) is 0 Å². The summed E-state index contributed by atoms with van der Waals surface area (Å²) >= 11 is 0. The van der Waals surface area contributed by atoms with Crippen molar-refractivity contribution in [2.75, 3.05) is 38.2 Å². The van der Waals surface area contributed by atoms with E-state index >= 15 is 0 Å². The highest BCUT2D eigenvalue weighted by molar-refractivity contribution is 5.85. The molecule has 2 heterocycles. The summed E-state index contributed by atoms with van der Waals surface area (Å²) in [4.78, 5) is 31.3. The van der Waals surface area contributed by atoms with Crippen LogP contribution in [0.3, 0.4) is 0 Å². The van der Waals surface area contributed by atoms with Gasteiger partial charge in [0.05, 0.1) is 25.4 Å². The van der Waals surface area contributed by atoms with Crippen molar-refractivity contribution in [2.45, 2.75) is 6.42 Å². The molecule has 26 heavy (non-hydrogen) atoms. The topological polar surface area (TPSA) is 83.0 Å². The molecule has 1 aromatic heterocycles. The molecular formula is C19H21N3O4. The van der Waals surface area contributed by atoms with Crippen LogP contribution in [-0.4, -0.2) is 60.2 Å².